The molecule has 1 rings (SSSR count). The third-order valence-electron chi connectivity index (χ3n) is 2.30. The van der Waals surface area contributed by atoms with Crippen LogP contribution in [-0.4, -0.2) is 45.0 Å². The summed E-state index contributed by atoms with van der Waals surface area (Å²) >= 11 is 0. The van der Waals surface area contributed by atoms with Crippen LogP contribution in [0.25, 0.3) is 0 Å². The molecule has 0 spiro atoms. The first-order valence-corrected chi connectivity index (χ1v) is 4.92. The van der Waals surface area contributed by atoms with E-state index in [0.29, 0.717) is 12.8 Å². The van der Waals surface area contributed by atoms with Crippen molar-refractivity contribution in [1.29, 1.82) is 0 Å². The SMILES string of the molecule is [B][C@H]1CC(OC(=O)C(=O)NC)[C@@H](CC)O1. The molecule has 0 aromatic rings. The molecular formula is C9H14BNO4. The first-order valence-electron chi connectivity index (χ1n) is 4.92. The molecule has 0 aromatic carbocycles. The van der Waals surface area contributed by atoms with E-state index in [2.05, 4.69) is 5.32 Å². The third-order valence-corrected chi connectivity index (χ3v) is 2.30. The molecule has 2 radical (unpaired) electrons. The van der Waals surface area contributed by atoms with Gasteiger partial charge in [-0.25, -0.2) is 4.79 Å². The lowest BCUT2D eigenvalue weighted by atomic mass is 9.96. The van der Waals surface area contributed by atoms with Crippen molar-refractivity contribution >= 4 is 19.7 Å². The van der Waals surface area contributed by atoms with Gasteiger partial charge in [0.1, 0.15) is 14.0 Å². The summed E-state index contributed by atoms with van der Waals surface area (Å²) in [6, 6.07) is -0.419. The number of likely N-dealkylation sites (N-methyl/N-ethyl adjacent to an activating group) is 1. The molecule has 15 heavy (non-hydrogen) atoms. The molecule has 0 bridgehead atoms. The smallest absolute Gasteiger partial charge is 0.397 e. The largest absolute Gasteiger partial charge is 0.452 e. The predicted molar refractivity (Wildman–Crippen MR) is 53.3 cm³/mol. The summed E-state index contributed by atoms with van der Waals surface area (Å²) in [6.07, 6.45) is 0.490. The molecule has 0 aliphatic carbocycles. The fourth-order valence-electron chi connectivity index (χ4n) is 1.52. The number of hydrogen-bond donors (Lipinski definition) is 1. The van der Waals surface area contributed by atoms with Gasteiger partial charge in [-0.05, 0) is 6.42 Å². The van der Waals surface area contributed by atoms with Crippen LogP contribution in [0.1, 0.15) is 19.8 Å². The molecule has 1 N–H and O–H groups in total. The molecule has 6 heteroatoms. The standard InChI is InChI=1S/C9H14BNO4/c1-3-5-6(4-7(10)14-5)15-9(13)8(12)11-2/h5-7H,3-4H2,1-2H3,(H,11,12)/t5-,6?,7-/m1/s1. The molecule has 1 saturated heterocycles. The highest BCUT2D eigenvalue weighted by molar-refractivity contribution is 6.32. The molecule has 1 heterocycles. The number of rotatable bonds is 2. The van der Waals surface area contributed by atoms with E-state index in [4.69, 9.17) is 17.3 Å². The van der Waals surface area contributed by atoms with Gasteiger partial charge in [0.15, 0.2) is 0 Å². The van der Waals surface area contributed by atoms with E-state index in [1.165, 1.54) is 7.05 Å². The van der Waals surface area contributed by atoms with Crippen molar-refractivity contribution in [3.63, 3.8) is 0 Å². The normalized spacial score (nSPS) is 29.9. The zero-order chi connectivity index (χ0) is 11.4. The Morgan fingerprint density at radius 3 is 2.80 bits per heavy atom. The van der Waals surface area contributed by atoms with E-state index in [9.17, 15) is 9.59 Å². The van der Waals surface area contributed by atoms with Crippen molar-refractivity contribution in [3.8, 4) is 0 Å². The van der Waals surface area contributed by atoms with E-state index >= 15 is 0 Å². The van der Waals surface area contributed by atoms with E-state index < -0.39 is 24.0 Å². The van der Waals surface area contributed by atoms with Crippen LogP contribution in [0.2, 0.25) is 0 Å². The fourth-order valence-corrected chi connectivity index (χ4v) is 1.52. The molecular weight excluding hydrogens is 197 g/mol. The number of esters is 1. The number of ether oxygens (including phenoxy) is 2. The van der Waals surface area contributed by atoms with Crippen LogP contribution < -0.4 is 5.32 Å². The second-order valence-electron chi connectivity index (χ2n) is 3.38. The fraction of sp³-hybridized carbons (Fsp3) is 0.778. The maximum atomic E-state index is 11.2. The lowest BCUT2D eigenvalue weighted by Crippen LogP contribution is -2.35. The first-order chi connectivity index (χ1) is 7.08. The lowest BCUT2D eigenvalue weighted by molar-refractivity contribution is -0.160. The van der Waals surface area contributed by atoms with Crippen molar-refractivity contribution < 1.29 is 19.1 Å². The molecule has 5 nitrogen and oxygen atoms in total. The maximum absolute atomic E-state index is 11.2. The number of hydrogen-bond acceptors (Lipinski definition) is 4. The van der Waals surface area contributed by atoms with Crippen LogP contribution in [0.15, 0.2) is 0 Å². The minimum atomic E-state index is -0.890. The predicted octanol–water partition coefficient (Wildman–Crippen LogP) is -0.662. The number of nitrogens with one attached hydrogen (secondary N) is 1. The summed E-state index contributed by atoms with van der Waals surface area (Å²) < 4.78 is 10.3. The monoisotopic (exact) mass is 211 g/mol. The first kappa shape index (κ1) is 12.0. The molecule has 1 unspecified atom stereocenters. The molecule has 1 aliphatic rings. The van der Waals surface area contributed by atoms with Crippen molar-refractivity contribution in [2.45, 2.75) is 38.0 Å². The summed E-state index contributed by atoms with van der Waals surface area (Å²) in [7, 11) is 6.93. The topological polar surface area (TPSA) is 64.6 Å². The second-order valence-corrected chi connectivity index (χ2v) is 3.38. The van der Waals surface area contributed by atoms with Crippen LogP contribution in [0, 0.1) is 0 Å². The van der Waals surface area contributed by atoms with Gasteiger partial charge in [-0.15, -0.1) is 0 Å². The van der Waals surface area contributed by atoms with Crippen LogP contribution >= 0.6 is 0 Å². The Kier molecular flexibility index (Phi) is 4.14. The third kappa shape index (κ3) is 2.96. The molecule has 1 aliphatic heterocycles. The summed E-state index contributed by atoms with van der Waals surface area (Å²) in [6.45, 7) is 1.91. The van der Waals surface area contributed by atoms with Crippen LogP contribution in [-0.2, 0) is 19.1 Å². The maximum Gasteiger partial charge on any atom is 0.397 e. The van der Waals surface area contributed by atoms with Crippen LogP contribution in [0.3, 0.4) is 0 Å². The van der Waals surface area contributed by atoms with Gasteiger partial charge in [0, 0.05) is 19.5 Å². The van der Waals surface area contributed by atoms with E-state index in [0.717, 1.165) is 0 Å². The Labute approximate surface area is 89.9 Å². The Morgan fingerprint density at radius 1 is 1.60 bits per heavy atom. The number of carbonyl (C=O) groups is 2. The van der Waals surface area contributed by atoms with Crippen LogP contribution in [0.4, 0.5) is 0 Å². The molecule has 82 valence electrons. The van der Waals surface area contributed by atoms with Gasteiger partial charge in [0.25, 0.3) is 0 Å². The zero-order valence-electron chi connectivity index (χ0n) is 8.86. The van der Waals surface area contributed by atoms with Crippen molar-refractivity contribution in [2.75, 3.05) is 7.05 Å². The Bertz CT molecular complexity index is 258. The van der Waals surface area contributed by atoms with Gasteiger partial charge in [0.2, 0.25) is 0 Å². The number of amides is 1. The molecule has 1 fully saturated rings. The Hall–Kier alpha value is -1.04. The van der Waals surface area contributed by atoms with Crippen molar-refractivity contribution in [3.05, 3.63) is 0 Å². The average molecular weight is 211 g/mol. The van der Waals surface area contributed by atoms with E-state index in [1.807, 2.05) is 6.92 Å². The summed E-state index contributed by atoms with van der Waals surface area (Å²) in [5.41, 5.74) is 0. The van der Waals surface area contributed by atoms with Crippen molar-refractivity contribution in [2.24, 2.45) is 0 Å². The number of carbonyl (C=O) groups excluding carboxylic acids is 2. The second kappa shape index (κ2) is 5.16. The minimum absolute atomic E-state index is 0.214. The molecule has 3 atom stereocenters. The van der Waals surface area contributed by atoms with Gasteiger partial charge in [-0.3, -0.25) is 4.79 Å². The van der Waals surface area contributed by atoms with Gasteiger partial charge in [0.05, 0.1) is 6.10 Å². The molecule has 0 aromatic heterocycles. The van der Waals surface area contributed by atoms with E-state index in [1.54, 1.807) is 0 Å². The Morgan fingerprint density at radius 2 is 2.27 bits per heavy atom. The van der Waals surface area contributed by atoms with Crippen molar-refractivity contribution in [1.82, 2.24) is 5.32 Å². The summed E-state index contributed by atoms with van der Waals surface area (Å²) in [4.78, 5) is 22.1. The summed E-state index contributed by atoms with van der Waals surface area (Å²) in [5.74, 6) is -1.65. The minimum Gasteiger partial charge on any atom is -0.452 e. The average Bonchev–Trinajstić information content (AvgIpc) is 2.57. The molecule has 0 saturated carbocycles. The highest BCUT2D eigenvalue weighted by Crippen LogP contribution is 2.23. The van der Waals surface area contributed by atoms with Crippen LogP contribution in [0.5, 0.6) is 0 Å². The van der Waals surface area contributed by atoms with Gasteiger partial charge < -0.3 is 14.8 Å². The van der Waals surface area contributed by atoms with Gasteiger partial charge in [-0.2, -0.15) is 0 Å². The highest BCUT2D eigenvalue weighted by Gasteiger charge is 2.35. The summed E-state index contributed by atoms with van der Waals surface area (Å²) in [5, 5.41) is 2.20. The van der Waals surface area contributed by atoms with Gasteiger partial charge in [-0.1, -0.05) is 6.92 Å². The Balaban J connectivity index is 2.50. The zero-order valence-corrected chi connectivity index (χ0v) is 8.86. The quantitative estimate of drug-likeness (QED) is 0.374. The van der Waals surface area contributed by atoms with E-state index in [-0.39, 0.29) is 6.10 Å². The van der Waals surface area contributed by atoms with Gasteiger partial charge >= 0.3 is 11.9 Å². The molecule has 1 amide bonds. The highest BCUT2D eigenvalue weighted by atomic mass is 16.6. The lowest BCUT2D eigenvalue weighted by Gasteiger charge is -2.16.